The van der Waals surface area contributed by atoms with Crippen LogP contribution in [0.2, 0.25) is 0 Å². The van der Waals surface area contributed by atoms with Crippen molar-refractivity contribution in [1.82, 2.24) is 5.32 Å². The van der Waals surface area contributed by atoms with Gasteiger partial charge in [-0.3, -0.25) is 4.79 Å². The predicted molar refractivity (Wildman–Crippen MR) is 382 cm³/mol. The Morgan fingerprint density at radius 1 is 0.429 bits per heavy atom. The van der Waals surface area contributed by atoms with Crippen molar-refractivity contribution in [1.29, 1.82) is 0 Å². The second kappa shape index (κ2) is 44.0. The van der Waals surface area contributed by atoms with E-state index in [0.717, 1.165) is 51.8 Å². The first-order valence-corrected chi connectivity index (χ1v) is 33.9. The fourth-order valence-electron chi connectivity index (χ4n) is 11.2. The highest BCUT2D eigenvalue weighted by Crippen LogP contribution is 2.27. The first-order valence-electron chi connectivity index (χ1n) is 33.9. The Bertz CT molecular complexity index is 3500. The van der Waals surface area contributed by atoms with Gasteiger partial charge < -0.3 is 63.0 Å². The third-order valence-electron chi connectivity index (χ3n) is 16.7. The van der Waals surface area contributed by atoms with Crippen LogP contribution in [-0.4, -0.2) is 104 Å². The van der Waals surface area contributed by atoms with Crippen LogP contribution in [0.4, 0.5) is 0 Å². The van der Waals surface area contributed by atoms with Crippen molar-refractivity contribution in [2.24, 2.45) is 17.8 Å². The van der Waals surface area contributed by atoms with Gasteiger partial charge in [0, 0.05) is 25.0 Å². The maximum absolute atomic E-state index is 13.2. The van der Waals surface area contributed by atoms with Crippen molar-refractivity contribution in [2.45, 2.75) is 129 Å². The maximum Gasteiger partial charge on any atom is 0.189 e. The molecule has 0 amide bonds. The monoisotopic (exact) mass is 1330 g/mol. The second-order valence-electron chi connectivity index (χ2n) is 24.7. The molecule has 1 fully saturated rings. The van der Waals surface area contributed by atoms with E-state index in [1.165, 1.54) is 11.1 Å². The van der Waals surface area contributed by atoms with E-state index in [1.54, 1.807) is 6.92 Å². The van der Waals surface area contributed by atoms with E-state index in [-0.39, 0.29) is 63.0 Å². The molecule has 0 radical (unpaired) electrons. The maximum atomic E-state index is 13.2. The van der Waals surface area contributed by atoms with Gasteiger partial charge in [0.15, 0.2) is 5.78 Å². The molecule has 11 atom stereocenters. The number of ether oxygens (including phenoxy) is 9. The average Bonchev–Trinajstić information content (AvgIpc) is 0.837. The van der Waals surface area contributed by atoms with Gasteiger partial charge in [-0.15, -0.1) is 0 Å². The zero-order chi connectivity index (χ0) is 68.6. The molecule has 0 unspecified atom stereocenters. The number of rotatable bonds is 38. The van der Waals surface area contributed by atoms with Crippen LogP contribution in [0.25, 0.3) is 0 Å². The number of carbonyl (C=O) groups is 2. The summed E-state index contributed by atoms with van der Waals surface area (Å²) >= 11 is 0. The van der Waals surface area contributed by atoms with Gasteiger partial charge in [0.1, 0.15) is 43.4 Å². The quantitative estimate of drug-likeness (QED) is 0.0312. The number of Topliss-reactive ketones (excluding diaryl/α,β-unsaturated/α-hetero) is 1. The number of aldehydes is 1. The third-order valence-corrected chi connectivity index (χ3v) is 16.7. The molecule has 14 nitrogen and oxygen atoms in total. The highest BCUT2D eigenvalue weighted by molar-refractivity contribution is 5.85. The molecule has 0 aliphatic carbocycles. The highest BCUT2D eigenvalue weighted by Gasteiger charge is 2.40. The van der Waals surface area contributed by atoms with E-state index < -0.39 is 36.4 Å². The number of hydrogen-bond donors (Lipinski definition) is 3. The number of hydrogen-bond acceptors (Lipinski definition) is 14. The van der Waals surface area contributed by atoms with Crippen LogP contribution in [0.1, 0.15) is 70.8 Å². The largest absolute Gasteiger partial charge is 0.396 e. The van der Waals surface area contributed by atoms with Crippen LogP contribution < -0.4 is 5.32 Å². The van der Waals surface area contributed by atoms with Crippen molar-refractivity contribution in [2.75, 3.05) is 33.0 Å². The number of aliphatic hydroxyl groups is 2. The van der Waals surface area contributed by atoms with Gasteiger partial charge in [0.2, 0.25) is 0 Å². The number of nitrogens with one attached hydrogen (secondary N) is 1. The van der Waals surface area contributed by atoms with Crippen molar-refractivity contribution in [3.63, 3.8) is 0 Å². The summed E-state index contributed by atoms with van der Waals surface area (Å²) in [6, 6.07) is 89.4. The Balaban J connectivity index is 0.000000188. The van der Waals surface area contributed by atoms with Crippen molar-refractivity contribution in [3.05, 3.63) is 323 Å². The topological polar surface area (TPSA) is 170 Å². The summed E-state index contributed by atoms with van der Waals surface area (Å²) in [5.41, 5.74) is 9.43. The van der Waals surface area contributed by atoms with Gasteiger partial charge in [-0.2, -0.15) is 0 Å². The van der Waals surface area contributed by atoms with Crippen molar-refractivity contribution >= 4 is 12.1 Å². The minimum Gasteiger partial charge on any atom is -0.396 e. The zero-order valence-corrected chi connectivity index (χ0v) is 56.7. The molecular formula is C84H97NO13. The van der Waals surface area contributed by atoms with Gasteiger partial charge >= 0.3 is 0 Å². The Kier molecular flexibility index (Phi) is 33.9. The molecule has 9 aromatic carbocycles. The molecule has 1 heterocycles. The van der Waals surface area contributed by atoms with E-state index in [0.29, 0.717) is 58.8 Å². The Morgan fingerprint density at radius 2 is 0.755 bits per heavy atom. The Labute approximate surface area is 579 Å². The number of benzene rings is 9. The lowest BCUT2D eigenvalue weighted by molar-refractivity contribution is -0.164. The van der Waals surface area contributed by atoms with Crippen LogP contribution in [0.3, 0.4) is 0 Å². The molecule has 1 aliphatic heterocycles. The first kappa shape index (κ1) is 75.6. The number of aliphatic hydroxyl groups excluding tert-OH is 2. The minimum atomic E-state index is -0.940. The lowest BCUT2D eigenvalue weighted by Gasteiger charge is -2.42. The lowest BCUT2D eigenvalue weighted by Crippen LogP contribution is -2.59. The van der Waals surface area contributed by atoms with Gasteiger partial charge in [-0.25, -0.2) is 0 Å². The molecule has 0 bridgehead atoms. The molecule has 14 heteroatoms. The Hall–Kier alpha value is -8.16. The average molecular weight is 1330 g/mol. The van der Waals surface area contributed by atoms with E-state index in [4.69, 9.17) is 42.6 Å². The molecule has 516 valence electrons. The summed E-state index contributed by atoms with van der Waals surface area (Å²) in [5.74, 6) is -0.690. The standard InChI is InChI=1S/C28H33NO3.C28H34O5.C28H30O5/c1-22-17-29-26(21-30-18-23-11-5-2-6-12-23)28(32-20-25-15-9-4-10-16-25)27(22)31-19-24-13-7-3-8-14-24;2*1-22(17-29)27(32-19-24-13-7-3-8-14-24)28(33-20-25-15-9-4-10-16-25)26(30)21-31-18-23-11-5-2-6-12-23/h2-16,22,26-29H,17-21H2,1H3;2-16,22,26-30H,17-21H2,1H3;2-17,22,27-28H,18-21H2,1H3/t2*22-,26+,27+,28+;22-,27+,28+/m000/s1. The SMILES string of the molecule is C[C@@H](C=O)[C@@H](OCc1ccccc1)[C@H](OCc1ccccc1)C(=O)COCc1ccccc1.C[C@@H](CO)[C@@H](OCc1ccccc1)[C@H](OCc1ccccc1)[C@H](O)COCc1ccccc1.C[C@H]1CN[C@H](COCc2ccccc2)[C@@H](OCc2ccccc2)[C@@H]1OCc1ccccc1. The van der Waals surface area contributed by atoms with E-state index >= 15 is 0 Å². The van der Waals surface area contributed by atoms with Gasteiger partial charge in [-0.05, 0) is 56.0 Å². The summed E-state index contributed by atoms with van der Waals surface area (Å²) in [6.45, 7) is 10.8. The van der Waals surface area contributed by atoms with Gasteiger partial charge in [0.05, 0.1) is 90.9 Å². The molecule has 10 rings (SSSR count). The van der Waals surface area contributed by atoms with Crippen LogP contribution in [0.15, 0.2) is 273 Å². The summed E-state index contributed by atoms with van der Waals surface area (Å²) < 4.78 is 55.0. The molecule has 98 heavy (non-hydrogen) atoms. The molecule has 0 aromatic heterocycles. The second-order valence-corrected chi connectivity index (χ2v) is 24.7. The summed E-state index contributed by atoms with van der Waals surface area (Å²) in [4.78, 5) is 24.9. The predicted octanol–water partition coefficient (Wildman–Crippen LogP) is 14.1. The molecule has 1 saturated heterocycles. The fraction of sp³-hybridized carbons (Fsp3) is 0.333. The summed E-state index contributed by atoms with van der Waals surface area (Å²) in [7, 11) is 0. The minimum absolute atomic E-state index is 0.00880. The normalized spacial score (nSPS) is 17.2. The van der Waals surface area contributed by atoms with Crippen LogP contribution in [0, 0.1) is 17.8 Å². The fourth-order valence-corrected chi connectivity index (χ4v) is 11.2. The van der Waals surface area contributed by atoms with Gasteiger partial charge in [-0.1, -0.05) is 294 Å². The zero-order valence-electron chi connectivity index (χ0n) is 56.7. The Morgan fingerprint density at radius 3 is 1.14 bits per heavy atom. The van der Waals surface area contributed by atoms with Crippen molar-refractivity contribution in [3.8, 4) is 0 Å². The van der Waals surface area contributed by atoms with Crippen LogP contribution >= 0.6 is 0 Å². The number of carbonyl (C=O) groups excluding carboxylic acids is 2. The molecule has 3 N–H and O–H groups in total. The van der Waals surface area contributed by atoms with E-state index in [1.807, 2.05) is 244 Å². The van der Waals surface area contributed by atoms with Crippen LogP contribution in [0.5, 0.6) is 0 Å². The number of ketones is 1. The molecule has 0 spiro atoms. The number of piperidine rings is 1. The van der Waals surface area contributed by atoms with Crippen LogP contribution in [-0.2, 0) is 112 Å². The molecular weight excluding hydrogens is 1230 g/mol. The molecule has 0 saturated carbocycles. The van der Waals surface area contributed by atoms with E-state index in [2.05, 4.69) is 48.6 Å². The lowest BCUT2D eigenvalue weighted by atomic mass is 9.90. The smallest absolute Gasteiger partial charge is 0.189 e. The highest BCUT2D eigenvalue weighted by atomic mass is 16.6. The molecule has 9 aromatic rings. The summed E-state index contributed by atoms with van der Waals surface area (Å²) in [5, 5.41) is 24.6. The third kappa shape index (κ3) is 26.9. The first-order chi connectivity index (χ1) is 48.1. The van der Waals surface area contributed by atoms with Gasteiger partial charge in [0.25, 0.3) is 0 Å². The summed E-state index contributed by atoms with van der Waals surface area (Å²) in [6.07, 6.45) is -3.10. The van der Waals surface area contributed by atoms with E-state index in [9.17, 15) is 19.8 Å². The van der Waals surface area contributed by atoms with Crippen molar-refractivity contribution < 1.29 is 62.4 Å². The molecule has 1 aliphatic rings.